The number of Topliss-reactive ketones (excluding diaryl/α,β-unsaturated/α-hetero) is 1. The molecule has 0 saturated heterocycles. The monoisotopic (exact) mass is 419 g/mol. The number of ketones is 1. The van der Waals surface area contributed by atoms with Crippen LogP contribution >= 0.6 is 0 Å². The highest BCUT2D eigenvalue weighted by Crippen LogP contribution is 2.68. The van der Waals surface area contributed by atoms with Gasteiger partial charge in [-0.1, -0.05) is 0 Å². The van der Waals surface area contributed by atoms with Gasteiger partial charge in [-0.3, -0.25) is 9.78 Å². The molecule has 5 rings (SSSR count). The number of nitrogens with zero attached hydrogens (tertiary/aromatic N) is 6. The smallest absolute Gasteiger partial charge is 0.209 e. The molecule has 3 aromatic heterocycles. The van der Waals surface area contributed by atoms with Gasteiger partial charge in [-0.05, 0) is 38.0 Å². The Balaban J connectivity index is 1.60. The number of aliphatic hydroxyl groups is 2. The zero-order valence-corrected chi connectivity index (χ0v) is 17.0. The molecular formula is C21H21N7O3. The maximum Gasteiger partial charge on any atom is 0.209 e. The van der Waals surface area contributed by atoms with Crippen LogP contribution in [0.2, 0.25) is 0 Å². The lowest BCUT2D eigenvalue weighted by Gasteiger charge is -2.23. The maximum absolute atomic E-state index is 12.2. The molecule has 0 bridgehead atoms. The minimum atomic E-state index is -1.11. The van der Waals surface area contributed by atoms with Gasteiger partial charge < -0.3 is 20.1 Å². The quantitative estimate of drug-likeness (QED) is 0.510. The second-order valence-electron chi connectivity index (χ2n) is 7.92. The molecule has 158 valence electrons. The van der Waals surface area contributed by atoms with Crippen molar-refractivity contribution in [3.8, 4) is 11.8 Å². The largest absolute Gasteiger partial charge is 0.389 e. The molecule has 2 fully saturated rings. The molecule has 0 spiro atoms. The summed E-state index contributed by atoms with van der Waals surface area (Å²) in [5, 5.41) is 24.5. The number of aliphatic hydroxyl groups excluding tert-OH is 2. The van der Waals surface area contributed by atoms with Gasteiger partial charge >= 0.3 is 0 Å². The number of carbonyl (C=O) groups is 1. The average Bonchev–Trinajstić information content (AvgIpc) is 3.31. The zero-order valence-electron chi connectivity index (χ0n) is 17.0. The van der Waals surface area contributed by atoms with Crippen molar-refractivity contribution < 1.29 is 15.0 Å². The average molecular weight is 419 g/mol. The first-order valence-corrected chi connectivity index (χ1v) is 10.1. The van der Waals surface area contributed by atoms with Crippen molar-refractivity contribution in [1.82, 2.24) is 29.5 Å². The molecule has 31 heavy (non-hydrogen) atoms. The molecule has 0 radical (unpaired) electrons. The van der Waals surface area contributed by atoms with E-state index in [1.807, 2.05) is 6.92 Å². The first kappa shape index (κ1) is 19.5. The van der Waals surface area contributed by atoms with Gasteiger partial charge in [-0.2, -0.15) is 0 Å². The first-order valence-electron chi connectivity index (χ1n) is 10.1. The Morgan fingerprint density at radius 1 is 1.29 bits per heavy atom. The van der Waals surface area contributed by atoms with E-state index in [-0.39, 0.29) is 17.5 Å². The van der Waals surface area contributed by atoms with E-state index < -0.39 is 23.7 Å². The Morgan fingerprint density at radius 2 is 2.13 bits per heavy atom. The van der Waals surface area contributed by atoms with E-state index in [0.29, 0.717) is 35.6 Å². The summed E-state index contributed by atoms with van der Waals surface area (Å²) in [4.78, 5) is 33.8. The predicted octanol–water partition coefficient (Wildman–Crippen LogP) is 0.320. The van der Waals surface area contributed by atoms with Crippen LogP contribution in [0, 0.1) is 23.2 Å². The number of hydrogen-bond acceptors (Lipinski definition) is 9. The molecule has 0 amide bonds. The van der Waals surface area contributed by atoms with Crippen molar-refractivity contribution in [1.29, 1.82) is 0 Å². The van der Waals surface area contributed by atoms with E-state index >= 15 is 0 Å². The van der Waals surface area contributed by atoms with Crippen LogP contribution in [-0.4, -0.2) is 64.2 Å². The van der Waals surface area contributed by atoms with Crippen LogP contribution in [0.3, 0.4) is 0 Å². The summed E-state index contributed by atoms with van der Waals surface area (Å²) >= 11 is 0. The summed E-state index contributed by atoms with van der Waals surface area (Å²) in [5.41, 5.74) is 0.627. The third-order valence-electron chi connectivity index (χ3n) is 6.28. The van der Waals surface area contributed by atoms with Gasteiger partial charge in [-0.15, -0.1) is 0 Å². The maximum atomic E-state index is 12.2. The van der Waals surface area contributed by atoms with Gasteiger partial charge in [0.25, 0.3) is 0 Å². The van der Waals surface area contributed by atoms with E-state index in [0.717, 1.165) is 0 Å². The molecule has 0 aromatic carbocycles. The standard InChI is InChI=1S/C21H21N7O3/c1-3-23-19-15-20(27-14(26-19)5-4-12-9-22-6-7-24-12)28(10-25-15)16-13-8-21(13,11(2)29)18(31)17(16)30/h6-7,9-10,13,16-18,30-31H,3,8H2,1-2H3,(H,23,26,27)/t13?,16-,17+,18?,21+/m1/s1. The lowest BCUT2D eigenvalue weighted by Crippen LogP contribution is -2.36. The Hall–Kier alpha value is -3.42. The summed E-state index contributed by atoms with van der Waals surface area (Å²) in [6.45, 7) is 4.03. The second-order valence-corrected chi connectivity index (χ2v) is 7.92. The number of hydrogen-bond donors (Lipinski definition) is 3. The van der Waals surface area contributed by atoms with Crippen LogP contribution in [0.25, 0.3) is 11.2 Å². The minimum Gasteiger partial charge on any atom is -0.389 e. The highest BCUT2D eigenvalue weighted by molar-refractivity contribution is 5.88. The van der Waals surface area contributed by atoms with Crippen LogP contribution in [0.4, 0.5) is 5.82 Å². The van der Waals surface area contributed by atoms with Crippen molar-refractivity contribution in [2.75, 3.05) is 11.9 Å². The Kier molecular flexibility index (Phi) is 4.46. The van der Waals surface area contributed by atoms with Gasteiger partial charge in [0.1, 0.15) is 17.6 Å². The second kappa shape index (κ2) is 7.08. The molecule has 2 saturated carbocycles. The molecule has 10 heteroatoms. The van der Waals surface area contributed by atoms with Crippen molar-refractivity contribution in [2.24, 2.45) is 11.3 Å². The van der Waals surface area contributed by atoms with E-state index in [4.69, 9.17) is 0 Å². The Morgan fingerprint density at radius 3 is 2.81 bits per heavy atom. The third kappa shape index (κ3) is 2.89. The van der Waals surface area contributed by atoms with Crippen LogP contribution in [0.1, 0.15) is 37.8 Å². The number of rotatable bonds is 4. The summed E-state index contributed by atoms with van der Waals surface area (Å²) < 4.78 is 1.74. The van der Waals surface area contributed by atoms with E-state index in [2.05, 4.69) is 42.1 Å². The van der Waals surface area contributed by atoms with Crippen molar-refractivity contribution >= 4 is 22.8 Å². The van der Waals surface area contributed by atoms with Gasteiger partial charge in [0.05, 0.1) is 30.1 Å². The molecule has 0 aliphatic heterocycles. The lowest BCUT2D eigenvalue weighted by molar-refractivity contribution is -0.128. The molecule has 3 aromatic rings. The van der Waals surface area contributed by atoms with Crippen LogP contribution < -0.4 is 5.32 Å². The van der Waals surface area contributed by atoms with Gasteiger partial charge in [0.15, 0.2) is 17.0 Å². The van der Waals surface area contributed by atoms with Crippen LogP contribution in [0.5, 0.6) is 0 Å². The van der Waals surface area contributed by atoms with Gasteiger partial charge in [-0.25, -0.2) is 19.9 Å². The van der Waals surface area contributed by atoms with E-state index in [1.165, 1.54) is 6.92 Å². The molecule has 2 unspecified atom stereocenters. The molecule has 2 aliphatic rings. The molecule has 10 nitrogen and oxygen atoms in total. The highest BCUT2D eigenvalue weighted by atomic mass is 16.3. The normalized spacial score (nSPS) is 28.6. The summed E-state index contributed by atoms with van der Waals surface area (Å²) in [6, 6.07) is -0.505. The Labute approximate surface area is 177 Å². The number of anilines is 1. The first-order chi connectivity index (χ1) is 15.0. The topological polar surface area (TPSA) is 139 Å². The number of fused-ring (bicyclic) bond motifs is 2. The zero-order chi connectivity index (χ0) is 21.8. The van der Waals surface area contributed by atoms with Crippen molar-refractivity contribution in [3.63, 3.8) is 0 Å². The summed E-state index contributed by atoms with van der Waals surface area (Å²) in [7, 11) is 0. The van der Waals surface area contributed by atoms with Crippen LogP contribution in [-0.2, 0) is 4.79 Å². The number of nitrogens with one attached hydrogen (secondary N) is 1. The van der Waals surface area contributed by atoms with Crippen LogP contribution in [0.15, 0.2) is 24.9 Å². The summed E-state index contributed by atoms with van der Waals surface area (Å²) in [6.07, 6.45) is 4.58. The third-order valence-corrected chi connectivity index (χ3v) is 6.28. The number of imidazole rings is 1. The molecule has 3 heterocycles. The minimum absolute atomic E-state index is 0.102. The lowest BCUT2D eigenvalue weighted by atomic mass is 9.95. The van der Waals surface area contributed by atoms with Gasteiger partial charge in [0, 0.05) is 18.9 Å². The fraction of sp³-hybridized carbons (Fsp3) is 0.429. The molecule has 3 N–H and O–H groups in total. The number of carbonyl (C=O) groups excluding carboxylic acids is 1. The van der Waals surface area contributed by atoms with E-state index in [9.17, 15) is 15.0 Å². The van der Waals surface area contributed by atoms with Crippen molar-refractivity contribution in [2.45, 2.75) is 38.5 Å². The predicted molar refractivity (Wildman–Crippen MR) is 110 cm³/mol. The summed E-state index contributed by atoms with van der Waals surface area (Å²) in [5.74, 6) is 6.31. The van der Waals surface area contributed by atoms with Crippen molar-refractivity contribution in [3.05, 3.63) is 36.4 Å². The highest BCUT2D eigenvalue weighted by Gasteiger charge is 2.74. The Bertz CT molecular complexity index is 1230. The molecule has 2 aliphatic carbocycles. The van der Waals surface area contributed by atoms with E-state index in [1.54, 1.807) is 29.5 Å². The fourth-order valence-corrected chi connectivity index (χ4v) is 4.74. The molecular weight excluding hydrogens is 398 g/mol. The number of aromatic nitrogens is 6. The molecule has 5 atom stereocenters. The fourth-order valence-electron chi connectivity index (χ4n) is 4.74. The SMILES string of the molecule is CCNc1nc(C#Cc2cnccn2)nc2c1ncn2[C@@H]1C2C[C@@]2(C(C)=O)C(O)[C@H]1O. The van der Waals surface area contributed by atoms with Gasteiger partial charge in [0.2, 0.25) is 5.82 Å².